The van der Waals surface area contributed by atoms with Crippen molar-refractivity contribution >= 4 is 17.3 Å². The van der Waals surface area contributed by atoms with Crippen molar-refractivity contribution in [3.63, 3.8) is 0 Å². The Kier molecular flexibility index (Phi) is 3.56. The molecule has 0 amide bonds. The summed E-state index contributed by atoms with van der Waals surface area (Å²) in [6.07, 6.45) is 3.29. The molecule has 0 saturated carbocycles. The van der Waals surface area contributed by atoms with Crippen LogP contribution in [0.5, 0.6) is 0 Å². The molecule has 1 fully saturated rings. The van der Waals surface area contributed by atoms with Crippen LogP contribution in [-0.2, 0) is 4.79 Å². The number of aryl methyl sites for hydroxylation is 1. The number of hydrogen-bond acceptors (Lipinski definition) is 4. The van der Waals surface area contributed by atoms with Crippen molar-refractivity contribution < 1.29 is 9.90 Å². The average molecular weight is 240 g/mol. The molecule has 2 rings (SSSR count). The van der Waals surface area contributed by atoms with Crippen molar-refractivity contribution in [1.29, 1.82) is 0 Å². The van der Waals surface area contributed by atoms with Gasteiger partial charge in [0.2, 0.25) is 0 Å². The number of thiazole rings is 1. The SMILES string of the molecule is Cc1csc(C2CCCCN2CC(=O)O)n1. The highest BCUT2D eigenvalue weighted by Crippen LogP contribution is 2.32. The van der Waals surface area contributed by atoms with Crippen LogP contribution < -0.4 is 0 Å². The maximum atomic E-state index is 10.8. The van der Waals surface area contributed by atoms with Crippen LogP contribution in [0.1, 0.15) is 36.0 Å². The zero-order valence-corrected chi connectivity index (χ0v) is 10.2. The fourth-order valence-corrected chi connectivity index (χ4v) is 3.12. The van der Waals surface area contributed by atoms with Crippen molar-refractivity contribution in [1.82, 2.24) is 9.88 Å². The van der Waals surface area contributed by atoms with Gasteiger partial charge < -0.3 is 5.11 Å². The average Bonchev–Trinajstić information content (AvgIpc) is 2.65. The fraction of sp³-hybridized carbons (Fsp3) is 0.636. The Balaban J connectivity index is 2.12. The van der Waals surface area contributed by atoms with Crippen molar-refractivity contribution in [2.45, 2.75) is 32.2 Å². The van der Waals surface area contributed by atoms with Gasteiger partial charge in [-0.15, -0.1) is 11.3 Å². The molecule has 0 spiro atoms. The van der Waals surface area contributed by atoms with Gasteiger partial charge in [0.25, 0.3) is 0 Å². The highest BCUT2D eigenvalue weighted by Gasteiger charge is 2.27. The minimum absolute atomic E-state index is 0.128. The zero-order chi connectivity index (χ0) is 11.5. The minimum Gasteiger partial charge on any atom is -0.480 e. The molecule has 16 heavy (non-hydrogen) atoms. The number of hydrogen-bond donors (Lipinski definition) is 1. The van der Waals surface area contributed by atoms with E-state index in [4.69, 9.17) is 5.11 Å². The first kappa shape index (κ1) is 11.5. The second-order valence-electron chi connectivity index (χ2n) is 4.20. The Labute approximate surface area is 98.9 Å². The van der Waals surface area contributed by atoms with Crippen molar-refractivity contribution in [2.75, 3.05) is 13.1 Å². The third kappa shape index (κ3) is 2.59. The van der Waals surface area contributed by atoms with Crippen molar-refractivity contribution in [3.8, 4) is 0 Å². The number of carbonyl (C=O) groups is 1. The van der Waals surface area contributed by atoms with E-state index in [-0.39, 0.29) is 12.6 Å². The van der Waals surface area contributed by atoms with Crippen LogP contribution >= 0.6 is 11.3 Å². The van der Waals surface area contributed by atoms with Gasteiger partial charge in [0.15, 0.2) is 0 Å². The van der Waals surface area contributed by atoms with Gasteiger partial charge in [-0.2, -0.15) is 0 Å². The van der Waals surface area contributed by atoms with E-state index >= 15 is 0 Å². The molecule has 0 aromatic carbocycles. The number of piperidine rings is 1. The van der Waals surface area contributed by atoms with Crippen LogP contribution in [0, 0.1) is 6.92 Å². The first-order valence-corrected chi connectivity index (χ1v) is 6.42. The Bertz CT molecular complexity index is 378. The second-order valence-corrected chi connectivity index (χ2v) is 5.09. The number of aromatic nitrogens is 1. The predicted molar refractivity (Wildman–Crippen MR) is 62.7 cm³/mol. The lowest BCUT2D eigenvalue weighted by Gasteiger charge is -2.33. The molecular weight excluding hydrogens is 224 g/mol. The molecule has 1 atom stereocenters. The Hall–Kier alpha value is -0.940. The summed E-state index contributed by atoms with van der Waals surface area (Å²) in [5.41, 5.74) is 1.03. The van der Waals surface area contributed by atoms with E-state index < -0.39 is 5.97 Å². The molecule has 0 bridgehead atoms. The Morgan fingerprint density at radius 3 is 3.12 bits per heavy atom. The van der Waals surface area contributed by atoms with E-state index in [2.05, 4.69) is 4.98 Å². The first-order chi connectivity index (χ1) is 7.66. The van der Waals surface area contributed by atoms with E-state index in [1.165, 1.54) is 6.42 Å². The van der Waals surface area contributed by atoms with Gasteiger partial charge in [-0.25, -0.2) is 4.98 Å². The number of carboxylic acids is 1. The lowest BCUT2D eigenvalue weighted by Crippen LogP contribution is -2.37. The van der Waals surface area contributed by atoms with Gasteiger partial charge in [0.05, 0.1) is 12.6 Å². The van der Waals surface area contributed by atoms with Crippen LogP contribution in [-0.4, -0.2) is 34.0 Å². The first-order valence-electron chi connectivity index (χ1n) is 5.54. The standard InChI is InChI=1S/C11H16N2O2S/c1-8-7-16-11(12-8)9-4-2-3-5-13(9)6-10(14)15/h7,9H,2-6H2,1H3,(H,14,15). The summed E-state index contributed by atoms with van der Waals surface area (Å²) >= 11 is 1.64. The monoisotopic (exact) mass is 240 g/mol. The van der Waals surface area contributed by atoms with Crippen LogP contribution in [0.15, 0.2) is 5.38 Å². The van der Waals surface area contributed by atoms with Gasteiger partial charge in [0, 0.05) is 11.1 Å². The zero-order valence-electron chi connectivity index (χ0n) is 9.35. The largest absolute Gasteiger partial charge is 0.480 e. The lowest BCUT2D eigenvalue weighted by molar-refractivity contribution is -0.139. The smallest absolute Gasteiger partial charge is 0.317 e. The predicted octanol–water partition coefficient (Wildman–Crippen LogP) is 2.06. The van der Waals surface area contributed by atoms with Gasteiger partial charge >= 0.3 is 5.97 Å². The maximum absolute atomic E-state index is 10.8. The lowest BCUT2D eigenvalue weighted by atomic mass is 10.0. The molecular formula is C11H16N2O2S. The molecule has 2 heterocycles. The van der Waals surface area contributed by atoms with Gasteiger partial charge in [0.1, 0.15) is 5.01 Å². The summed E-state index contributed by atoms with van der Waals surface area (Å²) in [7, 11) is 0. The van der Waals surface area contributed by atoms with Crippen LogP contribution in [0.2, 0.25) is 0 Å². The van der Waals surface area contributed by atoms with E-state index in [1.54, 1.807) is 11.3 Å². The van der Waals surface area contributed by atoms with E-state index in [9.17, 15) is 4.79 Å². The Morgan fingerprint density at radius 2 is 2.50 bits per heavy atom. The molecule has 1 aliphatic heterocycles. The highest BCUT2D eigenvalue weighted by atomic mass is 32.1. The molecule has 1 unspecified atom stereocenters. The van der Waals surface area contributed by atoms with Crippen LogP contribution in [0.3, 0.4) is 0 Å². The summed E-state index contributed by atoms with van der Waals surface area (Å²) in [5.74, 6) is -0.750. The molecule has 88 valence electrons. The molecule has 1 aromatic heterocycles. The van der Waals surface area contributed by atoms with Crippen molar-refractivity contribution in [3.05, 3.63) is 16.1 Å². The van der Waals surface area contributed by atoms with E-state index in [1.807, 2.05) is 17.2 Å². The van der Waals surface area contributed by atoms with Gasteiger partial charge in [-0.05, 0) is 26.3 Å². The molecule has 1 N–H and O–H groups in total. The second kappa shape index (κ2) is 4.93. The number of carboxylic acid groups (broad SMARTS) is 1. The molecule has 0 aliphatic carbocycles. The molecule has 4 nitrogen and oxygen atoms in total. The van der Waals surface area contributed by atoms with Gasteiger partial charge in [-0.1, -0.05) is 6.42 Å². The summed E-state index contributed by atoms with van der Waals surface area (Å²) in [6, 6.07) is 0.212. The summed E-state index contributed by atoms with van der Waals surface area (Å²) in [5, 5.41) is 12.0. The summed E-state index contributed by atoms with van der Waals surface area (Å²) < 4.78 is 0. The molecule has 1 saturated heterocycles. The quantitative estimate of drug-likeness (QED) is 0.878. The fourth-order valence-electron chi connectivity index (χ4n) is 2.16. The maximum Gasteiger partial charge on any atom is 0.317 e. The third-order valence-corrected chi connectivity index (χ3v) is 3.94. The molecule has 5 heteroatoms. The van der Waals surface area contributed by atoms with Gasteiger partial charge in [-0.3, -0.25) is 9.69 Å². The van der Waals surface area contributed by atoms with E-state index in [0.717, 1.165) is 30.1 Å². The number of rotatable bonds is 3. The van der Waals surface area contributed by atoms with E-state index in [0.29, 0.717) is 0 Å². The number of aliphatic carboxylic acids is 1. The van der Waals surface area contributed by atoms with Crippen LogP contribution in [0.25, 0.3) is 0 Å². The highest BCUT2D eigenvalue weighted by molar-refractivity contribution is 7.09. The molecule has 0 radical (unpaired) electrons. The normalized spacial score (nSPS) is 22.2. The Morgan fingerprint density at radius 1 is 1.69 bits per heavy atom. The van der Waals surface area contributed by atoms with Crippen molar-refractivity contribution in [2.24, 2.45) is 0 Å². The number of nitrogens with zero attached hydrogens (tertiary/aromatic N) is 2. The molecule has 1 aromatic rings. The summed E-state index contributed by atoms with van der Waals surface area (Å²) in [4.78, 5) is 17.3. The van der Waals surface area contributed by atoms with Crippen LogP contribution in [0.4, 0.5) is 0 Å². The molecule has 1 aliphatic rings. The third-order valence-electron chi connectivity index (χ3n) is 2.87. The minimum atomic E-state index is -0.750. The number of likely N-dealkylation sites (tertiary alicyclic amines) is 1. The summed E-state index contributed by atoms with van der Waals surface area (Å²) in [6.45, 7) is 2.98. The topological polar surface area (TPSA) is 53.4 Å².